The van der Waals surface area contributed by atoms with E-state index < -0.39 is 24.7 Å². The van der Waals surface area contributed by atoms with Crippen LogP contribution >= 0.6 is 12.2 Å². The fraction of sp³-hybridized carbons (Fsp3) is 0.870. The van der Waals surface area contributed by atoms with Crippen molar-refractivity contribution in [3.8, 4) is 11.5 Å². The molecule has 0 aliphatic carbocycles. The molecule has 3 nitrogen and oxygen atoms in total. The van der Waals surface area contributed by atoms with Gasteiger partial charge in [-0.15, -0.1) is 5.54 Å². The first-order valence-corrected chi connectivity index (χ1v) is 20.9. The molecular weight excluding hydrogens is 439 g/mol. The molecule has 0 spiro atoms. The number of nitrogens with two attached hydrogens (primary N) is 1. The number of hydrogen-bond acceptors (Lipinski definition) is 3. The van der Waals surface area contributed by atoms with E-state index >= 15 is 0 Å². The maximum Gasteiger partial charge on any atom is 0.193 e. The van der Waals surface area contributed by atoms with Gasteiger partial charge in [0.15, 0.2) is 16.6 Å². The van der Waals surface area contributed by atoms with E-state index in [9.17, 15) is 0 Å². The first kappa shape index (κ1) is 30.0. The van der Waals surface area contributed by atoms with Gasteiger partial charge >= 0.3 is 0 Å². The summed E-state index contributed by atoms with van der Waals surface area (Å²) in [7, 11) is -5.51. The SMILES string of the molecule is C[C@@H](C(N)=S)[C@H](C[C@@H](C#C[Si](C)(C)C)O[Si](C)(C)C(C)(C)C)O[Si](C)(C)C(C)(C)C. The third kappa shape index (κ3) is 9.66. The molecule has 0 aliphatic rings. The highest BCUT2D eigenvalue weighted by atomic mass is 32.1. The monoisotopic (exact) mass is 487 g/mol. The van der Waals surface area contributed by atoms with Crippen LogP contribution in [0.15, 0.2) is 0 Å². The van der Waals surface area contributed by atoms with Crippen molar-refractivity contribution in [2.75, 3.05) is 0 Å². The molecule has 0 fully saturated rings. The van der Waals surface area contributed by atoms with Gasteiger partial charge in [-0.25, -0.2) is 0 Å². The van der Waals surface area contributed by atoms with Gasteiger partial charge in [-0.3, -0.25) is 0 Å². The first-order chi connectivity index (χ1) is 13.0. The van der Waals surface area contributed by atoms with E-state index in [0.29, 0.717) is 11.4 Å². The molecule has 0 radical (unpaired) electrons. The second kappa shape index (κ2) is 10.3. The van der Waals surface area contributed by atoms with Gasteiger partial charge in [0.05, 0.1) is 11.1 Å². The summed E-state index contributed by atoms with van der Waals surface area (Å²) >= 11 is 5.37. The smallest absolute Gasteiger partial charge is 0.193 e. The fourth-order valence-corrected chi connectivity index (χ4v) is 5.65. The van der Waals surface area contributed by atoms with Crippen molar-refractivity contribution in [1.82, 2.24) is 0 Å². The number of rotatable bonds is 8. The van der Waals surface area contributed by atoms with Crippen molar-refractivity contribution in [2.45, 2.75) is 123 Å². The van der Waals surface area contributed by atoms with Crippen molar-refractivity contribution in [2.24, 2.45) is 11.7 Å². The summed E-state index contributed by atoms with van der Waals surface area (Å²) in [6.07, 6.45) is 0.452. The summed E-state index contributed by atoms with van der Waals surface area (Å²) < 4.78 is 13.6. The van der Waals surface area contributed by atoms with Gasteiger partial charge < -0.3 is 14.6 Å². The Labute approximate surface area is 196 Å². The standard InChI is InChI=1S/C23H49NO2SSi3/c1-18(21(24)27)20(26-30(13,14)23(5,6)7)17-19(15-16-28(8,9)10)25-29(11,12)22(2,3)4/h18-20H,17H2,1-14H3,(H2,24,27)/t18-,19-,20+/m1/s1. The molecule has 0 aliphatic heterocycles. The average molecular weight is 488 g/mol. The summed E-state index contributed by atoms with van der Waals surface area (Å²) in [5.41, 5.74) is 9.63. The summed E-state index contributed by atoms with van der Waals surface area (Å²) in [5.74, 6) is 3.49. The highest BCUT2D eigenvalue weighted by molar-refractivity contribution is 7.80. The number of thiocarbonyl (C=S) groups is 1. The minimum Gasteiger partial charge on any atom is -0.413 e. The van der Waals surface area contributed by atoms with Crippen molar-refractivity contribution in [1.29, 1.82) is 0 Å². The van der Waals surface area contributed by atoms with Gasteiger partial charge in [-0.05, 0) is 36.3 Å². The molecular formula is C23H49NO2SSi3. The normalized spacial score (nSPS) is 17.0. The quantitative estimate of drug-likeness (QED) is 0.228. The Morgan fingerprint density at radius 3 is 1.60 bits per heavy atom. The lowest BCUT2D eigenvalue weighted by Crippen LogP contribution is -2.49. The van der Waals surface area contributed by atoms with E-state index in [1.165, 1.54) is 0 Å². The minimum atomic E-state index is -2.00. The van der Waals surface area contributed by atoms with E-state index in [1.807, 2.05) is 0 Å². The van der Waals surface area contributed by atoms with Crippen LogP contribution in [0.4, 0.5) is 0 Å². The maximum atomic E-state index is 6.84. The largest absolute Gasteiger partial charge is 0.413 e. The van der Waals surface area contributed by atoms with Crippen LogP contribution in [0.5, 0.6) is 0 Å². The van der Waals surface area contributed by atoms with Gasteiger partial charge in [0.1, 0.15) is 14.2 Å². The number of hydrogen-bond donors (Lipinski definition) is 1. The summed E-state index contributed by atoms with van der Waals surface area (Å²) in [6, 6.07) is 0. The molecule has 0 aromatic carbocycles. The topological polar surface area (TPSA) is 44.5 Å². The Kier molecular flexibility index (Phi) is 10.3. The lowest BCUT2D eigenvalue weighted by atomic mass is 9.99. The maximum absolute atomic E-state index is 6.84. The second-order valence-corrected chi connectivity index (χ2v) is 27.5. The van der Waals surface area contributed by atoms with Gasteiger partial charge in [-0.1, -0.05) is 86.2 Å². The molecule has 7 heteroatoms. The van der Waals surface area contributed by atoms with E-state index in [-0.39, 0.29) is 28.2 Å². The molecule has 0 saturated carbocycles. The molecule has 0 unspecified atom stereocenters. The van der Waals surface area contributed by atoms with Crippen LogP contribution in [0.2, 0.25) is 55.9 Å². The van der Waals surface area contributed by atoms with Gasteiger partial charge in [0.25, 0.3) is 0 Å². The molecule has 176 valence electrons. The molecule has 0 aromatic heterocycles. The predicted octanol–water partition coefficient (Wildman–Crippen LogP) is 6.96. The van der Waals surface area contributed by atoms with Crippen LogP contribution in [-0.4, -0.2) is 41.9 Å². The predicted molar refractivity (Wildman–Crippen MR) is 146 cm³/mol. The zero-order valence-electron chi connectivity index (χ0n) is 22.2. The van der Waals surface area contributed by atoms with Gasteiger partial charge in [-0.2, -0.15) is 0 Å². The molecule has 30 heavy (non-hydrogen) atoms. The van der Waals surface area contributed by atoms with Gasteiger partial charge in [0, 0.05) is 12.3 Å². The first-order valence-electron chi connectivity index (χ1n) is 11.2. The summed E-state index contributed by atoms with van der Waals surface area (Å²) in [6.45, 7) is 31.6. The van der Waals surface area contributed by atoms with Crippen molar-refractivity contribution in [3.05, 3.63) is 0 Å². The Morgan fingerprint density at radius 2 is 1.27 bits per heavy atom. The second-order valence-electron chi connectivity index (χ2n) is 12.7. The molecule has 0 bridgehead atoms. The van der Waals surface area contributed by atoms with E-state index in [2.05, 4.69) is 106 Å². The Bertz CT molecular complexity index is 647. The van der Waals surface area contributed by atoms with Crippen LogP contribution < -0.4 is 5.73 Å². The lowest BCUT2D eigenvalue weighted by Gasteiger charge is -2.43. The third-order valence-electron chi connectivity index (χ3n) is 6.56. The minimum absolute atomic E-state index is 0.0201. The van der Waals surface area contributed by atoms with Crippen molar-refractivity contribution in [3.63, 3.8) is 0 Å². The van der Waals surface area contributed by atoms with E-state index in [0.717, 1.165) is 0 Å². The molecule has 0 aromatic rings. The molecule has 0 heterocycles. The fourth-order valence-electron chi connectivity index (χ4n) is 2.27. The van der Waals surface area contributed by atoms with Gasteiger partial charge in [0.2, 0.25) is 0 Å². The average Bonchev–Trinajstić information content (AvgIpc) is 2.47. The van der Waals surface area contributed by atoms with E-state index in [1.54, 1.807) is 0 Å². The Balaban J connectivity index is 6.07. The van der Waals surface area contributed by atoms with Crippen LogP contribution in [0, 0.1) is 17.4 Å². The van der Waals surface area contributed by atoms with E-state index in [4.69, 9.17) is 26.8 Å². The molecule has 2 N–H and O–H groups in total. The van der Waals surface area contributed by atoms with Crippen molar-refractivity contribution >= 4 is 41.9 Å². The summed E-state index contributed by atoms with van der Waals surface area (Å²) in [4.78, 5) is 0.503. The molecule has 0 rings (SSSR count). The van der Waals surface area contributed by atoms with Crippen LogP contribution in [0.3, 0.4) is 0 Å². The highest BCUT2D eigenvalue weighted by Crippen LogP contribution is 2.40. The lowest BCUT2D eigenvalue weighted by molar-refractivity contribution is 0.0991. The van der Waals surface area contributed by atoms with Crippen LogP contribution in [-0.2, 0) is 8.85 Å². The van der Waals surface area contributed by atoms with Crippen LogP contribution in [0.1, 0.15) is 54.9 Å². The molecule has 0 saturated heterocycles. The van der Waals surface area contributed by atoms with Crippen molar-refractivity contribution < 1.29 is 8.85 Å². The summed E-state index contributed by atoms with van der Waals surface area (Å²) in [5, 5.41) is 0.234. The molecule has 0 amide bonds. The Morgan fingerprint density at radius 1 is 0.867 bits per heavy atom. The Hall–Kier alpha value is 0.0206. The highest BCUT2D eigenvalue weighted by Gasteiger charge is 2.43. The zero-order valence-corrected chi connectivity index (χ0v) is 26.1. The third-order valence-corrected chi connectivity index (χ3v) is 16.8. The molecule has 3 atom stereocenters. The van der Waals surface area contributed by atoms with Crippen LogP contribution in [0.25, 0.3) is 0 Å². The zero-order chi connectivity index (χ0) is 24.3.